The first-order valence-electron chi connectivity index (χ1n) is 7.76. The molecule has 0 aliphatic carbocycles. The van der Waals surface area contributed by atoms with E-state index in [1.807, 2.05) is 30.3 Å². The molecule has 2 aromatic carbocycles. The molecule has 0 aliphatic heterocycles. The Morgan fingerprint density at radius 1 is 1.13 bits per heavy atom. The van der Waals surface area contributed by atoms with Crippen molar-refractivity contribution in [1.29, 1.82) is 0 Å². The Bertz CT molecular complexity index is 799. The lowest BCUT2D eigenvalue weighted by molar-refractivity contribution is 0.196. The van der Waals surface area contributed by atoms with Gasteiger partial charge in [0.1, 0.15) is 0 Å². The zero-order chi connectivity index (χ0) is 16.2. The number of aryl methyl sites for hydroxylation is 1. The summed E-state index contributed by atoms with van der Waals surface area (Å²) in [6.07, 6.45) is -0.565. The lowest BCUT2D eigenvalue weighted by atomic mass is 10.1. The third-order valence-corrected chi connectivity index (χ3v) is 3.86. The van der Waals surface area contributed by atoms with E-state index in [9.17, 15) is 5.11 Å². The van der Waals surface area contributed by atoms with E-state index in [-0.39, 0.29) is 6.54 Å². The maximum Gasteiger partial charge on any atom is 0.0834 e. The minimum absolute atomic E-state index is 0.237. The highest BCUT2D eigenvalue weighted by Gasteiger charge is 2.08. The van der Waals surface area contributed by atoms with Gasteiger partial charge in [-0.25, -0.2) is 4.98 Å². The van der Waals surface area contributed by atoms with Gasteiger partial charge < -0.3 is 16.2 Å². The van der Waals surface area contributed by atoms with Gasteiger partial charge in [0.25, 0.3) is 0 Å². The van der Waals surface area contributed by atoms with E-state index in [1.54, 1.807) is 0 Å². The molecule has 3 aromatic rings. The molecule has 0 amide bonds. The fourth-order valence-electron chi connectivity index (χ4n) is 2.50. The minimum Gasteiger partial charge on any atom is -0.390 e. The predicted octanol–water partition coefficient (Wildman–Crippen LogP) is 2.94. The lowest BCUT2D eigenvalue weighted by Gasteiger charge is -2.14. The number of benzene rings is 2. The summed E-state index contributed by atoms with van der Waals surface area (Å²) in [4.78, 5) is 4.76. The van der Waals surface area contributed by atoms with E-state index < -0.39 is 6.10 Å². The van der Waals surface area contributed by atoms with Gasteiger partial charge in [0.15, 0.2) is 0 Å². The predicted molar refractivity (Wildman–Crippen MR) is 95.5 cm³/mol. The van der Waals surface area contributed by atoms with Crippen LogP contribution in [-0.2, 0) is 0 Å². The van der Waals surface area contributed by atoms with Crippen molar-refractivity contribution >= 4 is 16.6 Å². The maximum atomic E-state index is 9.71. The molecule has 118 valence electrons. The summed E-state index contributed by atoms with van der Waals surface area (Å²) < 4.78 is 0. The maximum absolute atomic E-state index is 9.71. The molecule has 0 radical (unpaired) electrons. The van der Waals surface area contributed by atoms with Crippen LogP contribution in [0.3, 0.4) is 0 Å². The van der Waals surface area contributed by atoms with E-state index in [1.165, 1.54) is 5.56 Å². The summed E-state index contributed by atoms with van der Waals surface area (Å²) in [5.74, 6) is 0. The zero-order valence-electron chi connectivity index (χ0n) is 13.2. The summed E-state index contributed by atoms with van der Waals surface area (Å²) in [6.45, 7) is 2.72. The Balaban J connectivity index is 2.04. The first kappa shape index (κ1) is 15.5. The van der Waals surface area contributed by atoms with E-state index in [2.05, 4.69) is 36.5 Å². The van der Waals surface area contributed by atoms with Crippen LogP contribution < -0.4 is 11.1 Å². The van der Waals surface area contributed by atoms with Gasteiger partial charge in [-0.15, -0.1) is 0 Å². The normalized spacial score (nSPS) is 12.3. The average Bonchev–Trinajstić information content (AvgIpc) is 2.59. The SMILES string of the molecule is Cc1ccc(-c2cc(NC[C@@H](O)CN)c3ccccc3n2)cc1. The second kappa shape index (κ2) is 6.77. The van der Waals surface area contributed by atoms with Crippen molar-refractivity contribution < 1.29 is 5.11 Å². The van der Waals surface area contributed by atoms with Crippen LogP contribution in [0.25, 0.3) is 22.2 Å². The fraction of sp³-hybridized carbons (Fsp3) is 0.211. The van der Waals surface area contributed by atoms with Crippen LogP contribution in [0.1, 0.15) is 5.56 Å². The van der Waals surface area contributed by atoms with Crippen LogP contribution in [0.4, 0.5) is 5.69 Å². The number of aromatic nitrogens is 1. The molecule has 4 N–H and O–H groups in total. The number of aliphatic hydroxyl groups excluding tert-OH is 1. The van der Waals surface area contributed by atoms with Gasteiger partial charge in [0.2, 0.25) is 0 Å². The second-order valence-electron chi connectivity index (χ2n) is 5.71. The van der Waals surface area contributed by atoms with E-state index in [0.29, 0.717) is 6.54 Å². The van der Waals surface area contributed by atoms with Crippen LogP contribution in [0, 0.1) is 6.92 Å². The molecule has 0 spiro atoms. The summed E-state index contributed by atoms with van der Waals surface area (Å²) in [5.41, 5.74) is 10.6. The van der Waals surface area contributed by atoms with E-state index in [0.717, 1.165) is 27.8 Å². The largest absolute Gasteiger partial charge is 0.390 e. The number of hydrogen-bond acceptors (Lipinski definition) is 4. The number of para-hydroxylation sites is 1. The number of nitrogens with one attached hydrogen (secondary N) is 1. The van der Waals surface area contributed by atoms with E-state index in [4.69, 9.17) is 10.7 Å². The topological polar surface area (TPSA) is 71.2 Å². The summed E-state index contributed by atoms with van der Waals surface area (Å²) >= 11 is 0. The standard InChI is InChI=1S/C19H21N3O/c1-13-6-8-14(9-7-13)18-10-19(21-12-15(23)11-20)16-4-2-3-5-17(16)22-18/h2-10,15,23H,11-12,20H2,1H3,(H,21,22)/t15-/m0/s1. The molecular formula is C19H21N3O. The lowest BCUT2D eigenvalue weighted by Crippen LogP contribution is -2.27. The number of rotatable bonds is 5. The monoisotopic (exact) mass is 307 g/mol. The second-order valence-corrected chi connectivity index (χ2v) is 5.71. The third-order valence-electron chi connectivity index (χ3n) is 3.86. The number of hydrogen-bond donors (Lipinski definition) is 3. The molecule has 0 aliphatic rings. The van der Waals surface area contributed by atoms with Gasteiger partial charge in [0, 0.05) is 29.7 Å². The smallest absolute Gasteiger partial charge is 0.0834 e. The number of pyridine rings is 1. The van der Waals surface area contributed by atoms with Crippen molar-refractivity contribution in [1.82, 2.24) is 4.98 Å². The Morgan fingerprint density at radius 2 is 1.87 bits per heavy atom. The van der Waals surface area contributed by atoms with Gasteiger partial charge in [0.05, 0.1) is 17.3 Å². The molecule has 0 bridgehead atoms. The van der Waals surface area contributed by atoms with Gasteiger partial charge in [-0.05, 0) is 19.1 Å². The molecule has 1 heterocycles. The highest BCUT2D eigenvalue weighted by molar-refractivity contribution is 5.93. The number of nitrogens with two attached hydrogens (primary N) is 1. The molecule has 0 fully saturated rings. The van der Waals surface area contributed by atoms with Crippen LogP contribution in [0.15, 0.2) is 54.6 Å². The summed E-state index contributed by atoms with van der Waals surface area (Å²) in [6, 6.07) is 18.3. The number of nitrogens with zero attached hydrogens (tertiary/aromatic N) is 1. The minimum atomic E-state index is -0.565. The Morgan fingerprint density at radius 3 is 2.61 bits per heavy atom. The molecule has 1 aromatic heterocycles. The molecule has 0 saturated heterocycles. The molecule has 4 heteroatoms. The average molecular weight is 307 g/mol. The molecule has 0 unspecified atom stereocenters. The molecule has 3 rings (SSSR count). The summed E-state index contributed by atoms with van der Waals surface area (Å²) in [7, 11) is 0. The van der Waals surface area contributed by atoms with Crippen LogP contribution >= 0.6 is 0 Å². The number of aliphatic hydroxyl groups is 1. The van der Waals surface area contributed by atoms with Crippen molar-refractivity contribution in [3.63, 3.8) is 0 Å². The van der Waals surface area contributed by atoms with Gasteiger partial charge in [-0.1, -0.05) is 48.0 Å². The van der Waals surface area contributed by atoms with Gasteiger partial charge in [-0.3, -0.25) is 0 Å². The quantitative estimate of drug-likeness (QED) is 0.678. The third kappa shape index (κ3) is 3.50. The van der Waals surface area contributed by atoms with Crippen LogP contribution in [-0.4, -0.2) is 29.3 Å². The number of anilines is 1. The fourth-order valence-corrected chi connectivity index (χ4v) is 2.50. The highest BCUT2D eigenvalue weighted by Crippen LogP contribution is 2.28. The Labute approximate surface area is 136 Å². The Kier molecular flexibility index (Phi) is 4.55. The van der Waals surface area contributed by atoms with Crippen LogP contribution in [0.5, 0.6) is 0 Å². The molecule has 4 nitrogen and oxygen atoms in total. The van der Waals surface area contributed by atoms with Crippen molar-refractivity contribution in [2.75, 3.05) is 18.4 Å². The molecule has 1 atom stereocenters. The first-order valence-corrected chi connectivity index (χ1v) is 7.76. The first-order chi connectivity index (χ1) is 11.2. The molecular weight excluding hydrogens is 286 g/mol. The van der Waals surface area contributed by atoms with Gasteiger partial charge >= 0.3 is 0 Å². The van der Waals surface area contributed by atoms with Crippen molar-refractivity contribution in [2.45, 2.75) is 13.0 Å². The molecule has 23 heavy (non-hydrogen) atoms. The number of fused-ring (bicyclic) bond motifs is 1. The van der Waals surface area contributed by atoms with Crippen molar-refractivity contribution in [3.05, 3.63) is 60.2 Å². The van der Waals surface area contributed by atoms with Crippen molar-refractivity contribution in [2.24, 2.45) is 5.73 Å². The molecule has 0 saturated carbocycles. The summed E-state index contributed by atoms with van der Waals surface area (Å²) in [5, 5.41) is 14.0. The Hall–Kier alpha value is -2.43. The van der Waals surface area contributed by atoms with Crippen LogP contribution in [0.2, 0.25) is 0 Å². The van der Waals surface area contributed by atoms with E-state index >= 15 is 0 Å². The zero-order valence-corrected chi connectivity index (χ0v) is 13.2. The van der Waals surface area contributed by atoms with Gasteiger partial charge in [-0.2, -0.15) is 0 Å². The van der Waals surface area contributed by atoms with Crippen molar-refractivity contribution in [3.8, 4) is 11.3 Å². The highest BCUT2D eigenvalue weighted by atomic mass is 16.3.